The Morgan fingerprint density at radius 1 is 1.31 bits per heavy atom. The molecule has 0 saturated carbocycles. The lowest BCUT2D eigenvalue weighted by Gasteiger charge is -2.06. The molecule has 4 nitrogen and oxygen atoms in total. The first-order valence-corrected chi connectivity index (χ1v) is 5.99. The van der Waals surface area contributed by atoms with Crippen LogP contribution < -0.4 is 5.32 Å². The zero-order valence-corrected chi connectivity index (χ0v) is 10.2. The highest BCUT2D eigenvalue weighted by atomic mass is 35.5. The van der Waals surface area contributed by atoms with E-state index in [1.54, 1.807) is 0 Å². The molecule has 1 aromatic heterocycles. The van der Waals surface area contributed by atoms with Crippen molar-refractivity contribution in [3.63, 3.8) is 0 Å². The van der Waals surface area contributed by atoms with Crippen LogP contribution in [-0.2, 0) is 0 Å². The van der Waals surface area contributed by atoms with Crippen LogP contribution in [0.4, 0.5) is 5.82 Å². The number of nitrogens with zero attached hydrogens (tertiary/aromatic N) is 3. The van der Waals surface area contributed by atoms with Gasteiger partial charge in [0, 0.05) is 6.54 Å². The van der Waals surface area contributed by atoms with Crippen LogP contribution in [0.2, 0.25) is 10.4 Å². The molecule has 86 valence electrons. The van der Waals surface area contributed by atoms with Crippen molar-refractivity contribution in [3.05, 3.63) is 22.1 Å². The zero-order chi connectivity index (χ0) is 11.4. The van der Waals surface area contributed by atoms with Crippen molar-refractivity contribution in [2.75, 3.05) is 11.9 Å². The van der Waals surface area contributed by atoms with E-state index in [9.17, 15) is 0 Å². The number of rotatable bonds is 4. The summed E-state index contributed by atoms with van der Waals surface area (Å²) >= 11 is 11.4. The number of aromatic nitrogens is 3. The number of allylic oxidation sites excluding steroid dienone is 1. The highest BCUT2D eigenvalue weighted by molar-refractivity contribution is 6.32. The lowest BCUT2D eigenvalue weighted by atomic mass is 10.2. The molecular weight excluding hydrogens is 247 g/mol. The van der Waals surface area contributed by atoms with E-state index in [1.807, 2.05) is 0 Å². The number of hydrogen-bond acceptors (Lipinski definition) is 4. The SMILES string of the molecule is Clc1nnc(Cl)c(NCCC2=CCCC2)n1. The van der Waals surface area contributed by atoms with Gasteiger partial charge in [-0.3, -0.25) is 0 Å². The Balaban J connectivity index is 1.86. The summed E-state index contributed by atoms with van der Waals surface area (Å²) in [5.74, 6) is 0.500. The molecule has 2 rings (SSSR count). The minimum atomic E-state index is 0.104. The van der Waals surface area contributed by atoms with Gasteiger partial charge in [0.05, 0.1) is 0 Å². The van der Waals surface area contributed by atoms with Crippen molar-refractivity contribution in [2.24, 2.45) is 0 Å². The Morgan fingerprint density at radius 3 is 2.94 bits per heavy atom. The molecule has 0 unspecified atom stereocenters. The highest BCUT2D eigenvalue weighted by Gasteiger charge is 2.07. The van der Waals surface area contributed by atoms with Gasteiger partial charge in [0.25, 0.3) is 0 Å². The van der Waals surface area contributed by atoms with Crippen LogP contribution in [0.3, 0.4) is 0 Å². The molecule has 0 amide bonds. The van der Waals surface area contributed by atoms with E-state index in [0.717, 1.165) is 13.0 Å². The molecule has 0 saturated heterocycles. The standard InChI is InChI=1S/C10H12Cl2N4/c11-8-9(14-10(12)16-15-8)13-6-5-7-3-1-2-4-7/h3H,1-2,4-6H2,(H,13,14,16). The minimum Gasteiger partial charge on any atom is -0.367 e. The molecule has 0 spiro atoms. The summed E-state index contributed by atoms with van der Waals surface area (Å²) in [7, 11) is 0. The van der Waals surface area contributed by atoms with Gasteiger partial charge in [0.2, 0.25) is 5.28 Å². The summed E-state index contributed by atoms with van der Waals surface area (Å²) in [6.45, 7) is 0.792. The summed E-state index contributed by atoms with van der Waals surface area (Å²) in [6, 6.07) is 0. The Kier molecular flexibility index (Phi) is 3.96. The van der Waals surface area contributed by atoms with Crippen LogP contribution in [0.15, 0.2) is 11.6 Å². The maximum absolute atomic E-state index is 5.82. The van der Waals surface area contributed by atoms with Crippen LogP contribution in [-0.4, -0.2) is 21.7 Å². The maximum atomic E-state index is 5.82. The summed E-state index contributed by atoms with van der Waals surface area (Å²) in [5.41, 5.74) is 1.50. The fraction of sp³-hybridized carbons (Fsp3) is 0.500. The van der Waals surface area contributed by atoms with Gasteiger partial charge in [-0.05, 0) is 37.3 Å². The molecule has 1 aromatic rings. The van der Waals surface area contributed by atoms with Crippen molar-refractivity contribution in [3.8, 4) is 0 Å². The number of anilines is 1. The molecule has 1 N–H and O–H groups in total. The molecule has 0 atom stereocenters. The molecule has 0 bridgehead atoms. The fourth-order valence-electron chi connectivity index (χ4n) is 1.71. The quantitative estimate of drug-likeness (QED) is 0.844. The summed E-state index contributed by atoms with van der Waals surface area (Å²) in [4.78, 5) is 3.97. The van der Waals surface area contributed by atoms with Crippen LogP contribution in [0.1, 0.15) is 25.7 Å². The normalized spacial score (nSPS) is 15.0. The van der Waals surface area contributed by atoms with Gasteiger partial charge in [-0.2, -0.15) is 4.98 Å². The molecule has 0 aliphatic heterocycles. The Bertz CT molecular complexity index is 406. The van der Waals surface area contributed by atoms with E-state index in [-0.39, 0.29) is 10.4 Å². The highest BCUT2D eigenvalue weighted by Crippen LogP contribution is 2.21. The Morgan fingerprint density at radius 2 is 2.19 bits per heavy atom. The third-order valence-electron chi connectivity index (χ3n) is 2.49. The van der Waals surface area contributed by atoms with Crippen molar-refractivity contribution in [2.45, 2.75) is 25.7 Å². The molecule has 1 heterocycles. The Labute approximate surface area is 104 Å². The van der Waals surface area contributed by atoms with Crippen LogP contribution >= 0.6 is 23.2 Å². The summed E-state index contributed by atoms with van der Waals surface area (Å²) in [6.07, 6.45) is 7.00. The Hall–Kier alpha value is -0.870. The van der Waals surface area contributed by atoms with Crippen molar-refractivity contribution in [1.82, 2.24) is 15.2 Å². The van der Waals surface area contributed by atoms with Crippen LogP contribution in [0.25, 0.3) is 0 Å². The van der Waals surface area contributed by atoms with E-state index < -0.39 is 0 Å². The summed E-state index contributed by atoms with van der Waals surface area (Å²) < 4.78 is 0. The molecule has 0 radical (unpaired) electrons. The average Bonchev–Trinajstić information content (AvgIpc) is 2.76. The fourth-order valence-corrected chi connectivity index (χ4v) is 1.98. The lowest BCUT2D eigenvalue weighted by molar-refractivity contribution is 0.859. The number of hydrogen-bond donors (Lipinski definition) is 1. The van der Waals surface area contributed by atoms with Crippen molar-refractivity contribution < 1.29 is 0 Å². The first-order chi connectivity index (χ1) is 7.75. The van der Waals surface area contributed by atoms with Gasteiger partial charge in [0.1, 0.15) is 0 Å². The van der Waals surface area contributed by atoms with Gasteiger partial charge in [0.15, 0.2) is 11.0 Å². The molecule has 1 aliphatic rings. The number of halogens is 2. The molecule has 6 heteroatoms. The van der Waals surface area contributed by atoms with Crippen LogP contribution in [0.5, 0.6) is 0 Å². The molecular formula is C10H12Cl2N4. The largest absolute Gasteiger partial charge is 0.367 e. The van der Waals surface area contributed by atoms with Gasteiger partial charge in [-0.15, -0.1) is 10.2 Å². The first-order valence-electron chi connectivity index (χ1n) is 5.23. The predicted molar refractivity (Wildman–Crippen MR) is 64.9 cm³/mol. The van der Waals surface area contributed by atoms with Crippen LogP contribution in [0, 0.1) is 0 Å². The van der Waals surface area contributed by atoms with E-state index in [1.165, 1.54) is 24.8 Å². The smallest absolute Gasteiger partial charge is 0.245 e. The van der Waals surface area contributed by atoms with E-state index in [4.69, 9.17) is 23.2 Å². The second kappa shape index (κ2) is 5.46. The second-order valence-electron chi connectivity index (χ2n) is 3.65. The zero-order valence-electron chi connectivity index (χ0n) is 8.71. The molecule has 0 fully saturated rings. The summed E-state index contributed by atoms with van der Waals surface area (Å²) in [5, 5.41) is 10.7. The minimum absolute atomic E-state index is 0.104. The third kappa shape index (κ3) is 3.06. The third-order valence-corrected chi connectivity index (χ3v) is 2.91. The molecule has 16 heavy (non-hydrogen) atoms. The molecule has 0 aromatic carbocycles. The van der Waals surface area contributed by atoms with Gasteiger partial charge in [-0.1, -0.05) is 23.3 Å². The van der Waals surface area contributed by atoms with Gasteiger partial charge < -0.3 is 5.32 Å². The predicted octanol–water partition coefficient (Wildman–Crippen LogP) is 3.09. The van der Waals surface area contributed by atoms with E-state index >= 15 is 0 Å². The van der Waals surface area contributed by atoms with Crippen molar-refractivity contribution >= 4 is 29.0 Å². The van der Waals surface area contributed by atoms with Gasteiger partial charge >= 0.3 is 0 Å². The topological polar surface area (TPSA) is 50.7 Å². The first kappa shape index (κ1) is 11.6. The molecule has 1 aliphatic carbocycles. The monoisotopic (exact) mass is 258 g/mol. The van der Waals surface area contributed by atoms with E-state index in [0.29, 0.717) is 5.82 Å². The number of nitrogens with one attached hydrogen (secondary N) is 1. The maximum Gasteiger partial charge on any atom is 0.245 e. The average molecular weight is 259 g/mol. The van der Waals surface area contributed by atoms with E-state index in [2.05, 4.69) is 26.6 Å². The lowest BCUT2D eigenvalue weighted by Crippen LogP contribution is -2.06. The van der Waals surface area contributed by atoms with Gasteiger partial charge in [-0.25, -0.2) is 0 Å². The van der Waals surface area contributed by atoms with Crippen molar-refractivity contribution in [1.29, 1.82) is 0 Å². The second-order valence-corrected chi connectivity index (χ2v) is 4.35.